The van der Waals surface area contributed by atoms with E-state index >= 15 is 0 Å². The van der Waals surface area contributed by atoms with Crippen LogP contribution in [0, 0.1) is 39.0 Å². The number of anilines is 1. The Morgan fingerprint density at radius 1 is 1.12 bits per heavy atom. The number of piperidine rings is 1. The molecule has 1 saturated heterocycles. The van der Waals surface area contributed by atoms with Crippen LogP contribution >= 0.6 is 0 Å². The molecule has 3 rings (SSSR count). The first-order chi connectivity index (χ1) is 15.2. The molecule has 6 heteroatoms. The molecule has 2 aromatic carbocycles. The number of nitrogens with two attached hydrogens (primary N) is 1. The fraction of sp³-hybridized carbons (Fsp3) is 0.462. The van der Waals surface area contributed by atoms with E-state index < -0.39 is 6.10 Å². The number of hydrogen-bond acceptors (Lipinski definition) is 5. The topological polar surface area (TPSA) is 91.4 Å². The fourth-order valence-electron chi connectivity index (χ4n) is 4.24. The molecule has 0 spiro atoms. The minimum absolute atomic E-state index is 0.0915. The number of carbonyl (C=O) groups is 1. The maximum absolute atomic E-state index is 12.8. The van der Waals surface area contributed by atoms with Gasteiger partial charge >= 0.3 is 0 Å². The van der Waals surface area contributed by atoms with E-state index in [1.165, 1.54) is 5.56 Å². The molecule has 1 heterocycles. The lowest BCUT2D eigenvalue weighted by Crippen LogP contribution is -2.48. The largest absolute Gasteiger partial charge is 0.480 e. The monoisotopic (exact) mass is 434 g/mol. The quantitative estimate of drug-likeness (QED) is 0.673. The molecule has 32 heavy (non-hydrogen) atoms. The van der Waals surface area contributed by atoms with Crippen LogP contribution < -0.4 is 15.8 Å². The summed E-state index contributed by atoms with van der Waals surface area (Å²) in [5.41, 5.74) is 12.9. The summed E-state index contributed by atoms with van der Waals surface area (Å²) in [4.78, 5) is 15.2. The summed E-state index contributed by atoms with van der Waals surface area (Å²) < 4.78 is 6.09. The van der Waals surface area contributed by atoms with Gasteiger partial charge in [0.25, 0.3) is 5.91 Å². The van der Waals surface area contributed by atoms with Gasteiger partial charge in [-0.25, -0.2) is 0 Å². The Morgan fingerprint density at radius 3 is 2.34 bits per heavy atom. The standard InChI is InChI=1S/C26H34N4O2/c1-16-17(2)24(28)19(4)25(18(16)3)32-20(5)26(31)29-23-10-12-30(13-11-23)15-22-8-6-21(14-27)7-9-22/h6-9,20,23H,10-13,15,28H2,1-5H3,(H,29,31). The number of nitrogen functional groups attached to an aromatic ring is 1. The molecule has 0 aromatic heterocycles. The van der Waals surface area contributed by atoms with Crippen molar-refractivity contribution in [1.29, 1.82) is 5.26 Å². The molecule has 6 nitrogen and oxygen atoms in total. The van der Waals surface area contributed by atoms with Crippen LogP contribution in [-0.2, 0) is 11.3 Å². The van der Waals surface area contributed by atoms with Gasteiger partial charge in [0.15, 0.2) is 6.10 Å². The predicted octanol–water partition coefficient (Wildman–Crippen LogP) is 3.92. The smallest absolute Gasteiger partial charge is 0.260 e. The second-order valence-corrected chi connectivity index (χ2v) is 8.87. The zero-order valence-corrected chi connectivity index (χ0v) is 19.8. The normalized spacial score (nSPS) is 15.8. The molecule has 0 bridgehead atoms. The van der Waals surface area contributed by atoms with Gasteiger partial charge in [0, 0.05) is 36.9 Å². The lowest BCUT2D eigenvalue weighted by Gasteiger charge is -2.33. The SMILES string of the molecule is Cc1c(C)c(N)c(C)c(OC(C)C(=O)NC2CCN(Cc3ccc(C#N)cc3)CC2)c1C. The molecular weight excluding hydrogens is 400 g/mol. The van der Waals surface area contributed by atoms with Crippen molar-refractivity contribution in [2.75, 3.05) is 18.8 Å². The Balaban J connectivity index is 1.52. The highest BCUT2D eigenvalue weighted by molar-refractivity contribution is 5.81. The van der Waals surface area contributed by atoms with Crippen LogP contribution in [0.1, 0.15) is 53.1 Å². The van der Waals surface area contributed by atoms with E-state index in [0.717, 1.165) is 60.4 Å². The van der Waals surface area contributed by atoms with E-state index in [-0.39, 0.29) is 11.9 Å². The van der Waals surface area contributed by atoms with Gasteiger partial charge in [-0.1, -0.05) is 12.1 Å². The first-order valence-electron chi connectivity index (χ1n) is 11.3. The Labute approximate surface area is 191 Å². The number of nitriles is 1. The molecule has 0 saturated carbocycles. The summed E-state index contributed by atoms with van der Waals surface area (Å²) in [5, 5.41) is 12.1. The number of amides is 1. The minimum Gasteiger partial charge on any atom is -0.480 e. The van der Waals surface area contributed by atoms with Gasteiger partial charge in [0.1, 0.15) is 5.75 Å². The van der Waals surface area contributed by atoms with E-state index in [1.807, 2.05) is 52.0 Å². The summed E-state index contributed by atoms with van der Waals surface area (Å²) in [7, 11) is 0. The minimum atomic E-state index is -0.592. The summed E-state index contributed by atoms with van der Waals surface area (Å²) in [5.74, 6) is 0.622. The second kappa shape index (κ2) is 10.1. The molecule has 1 aliphatic rings. The Hall–Kier alpha value is -3.04. The van der Waals surface area contributed by atoms with Crippen LogP contribution in [0.3, 0.4) is 0 Å². The first-order valence-corrected chi connectivity index (χ1v) is 11.3. The number of nitrogens with one attached hydrogen (secondary N) is 1. The van der Waals surface area contributed by atoms with E-state index in [0.29, 0.717) is 11.3 Å². The maximum atomic E-state index is 12.8. The third kappa shape index (κ3) is 5.23. The molecule has 170 valence electrons. The van der Waals surface area contributed by atoms with Gasteiger partial charge in [-0.15, -0.1) is 0 Å². The molecule has 1 amide bonds. The summed E-state index contributed by atoms with van der Waals surface area (Å²) in [6.07, 6.45) is 1.22. The summed E-state index contributed by atoms with van der Waals surface area (Å²) in [6.45, 7) is 12.5. The summed E-state index contributed by atoms with van der Waals surface area (Å²) >= 11 is 0. The molecule has 1 aliphatic heterocycles. The van der Waals surface area contributed by atoms with Gasteiger partial charge in [0.2, 0.25) is 0 Å². The Morgan fingerprint density at radius 2 is 1.75 bits per heavy atom. The van der Waals surface area contributed by atoms with Crippen LogP contribution in [0.4, 0.5) is 5.69 Å². The Bertz CT molecular complexity index is 987. The van der Waals surface area contributed by atoms with Crippen LogP contribution in [0.5, 0.6) is 5.75 Å². The van der Waals surface area contributed by atoms with Crippen molar-refractivity contribution in [1.82, 2.24) is 10.2 Å². The number of likely N-dealkylation sites (tertiary alicyclic amines) is 1. The average molecular weight is 435 g/mol. The van der Waals surface area contributed by atoms with Crippen molar-refractivity contribution in [3.05, 3.63) is 57.6 Å². The van der Waals surface area contributed by atoms with Gasteiger partial charge in [-0.3, -0.25) is 9.69 Å². The van der Waals surface area contributed by atoms with E-state index in [2.05, 4.69) is 16.3 Å². The zero-order valence-electron chi connectivity index (χ0n) is 19.8. The first kappa shape index (κ1) is 23.6. The average Bonchev–Trinajstić information content (AvgIpc) is 2.80. The number of ether oxygens (including phenoxy) is 1. The molecule has 0 radical (unpaired) electrons. The van der Waals surface area contributed by atoms with Crippen molar-refractivity contribution in [2.45, 2.75) is 66.2 Å². The van der Waals surface area contributed by atoms with Gasteiger partial charge in [0.05, 0.1) is 11.6 Å². The van der Waals surface area contributed by atoms with Crippen LogP contribution in [0.2, 0.25) is 0 Å². The highest BCUT2D eigenvalue weighted by Gasteiger charge is 2.25. The van der Waals surface area contributed by atoms with Crippen molar-refractivity contribution >= 4 is 11.6 Å². The van der Waals surface area contributed by atoms with Gasteiger partial charge < -0.3 is 15.8 Å². The third-order valence-corrected chi connectivity index (χ3v) is 6.70. The van der Waals surface area contributed by atoms with Crippen LogP contribution in [0.25, 0.3) is 0 Å². The molecular formula is C26H34N4O2. The van der Waals surface area contributed by atoms with Gasteiger partial charge in [-0.2, -0.15) is 5.26 Å². The molecule has 1 unspecified atom stereocenters. The van der Waals surface area contributed by atoms with E-state index in [1.54, 1.807) is 6.92 Å². The van der Waals surface area contributed by atoms with Crippen molar-refractivity contribution in [3.8, 4) is 11.8 Å². The molecule has 2 aromatic rings. The molecule has 1 atom stereocenters. The van der Waals surface area contributed by atoms with E-state index in [4.69, 9.17) is 15.7 Å². The highest BCUT2D eigenvalue weighted by atomic mass is 16.5. The fourth-order valence-corrected chi connectivity index (χ4v) is 4.24. The van der Waals surface area contributed by atoms with Crippen molar-refractivity contribution in [3.63, 3.8) is 0 Å². The molecule has 3 N–H and O–H groups in total. The highest BCUT2D eigenvalue weighted by Crippen LogP contribution is 2.34. The summed E-state index contributed by atoms with van der Waals surface area (Å²) in [6, 6.07) is 10.0. The van der Waals surface area contributed by atoms with E-state index in [9.17, 15) is 4.79 Å². The lowest BCUT2D eigenvalue weighted by molar-refractivity contribution is -0.128. The number of benzene rings is 2. The zero-order chi connectivity index (χ0) is 23.4. The molecule has 1 fully saturated rings. The lowest BCUT2D eigenvalue weighted by atomic mass is 9.97. The second-order valence-electron chi connectivity index (χ2n) is 8.87. The maximum Gasteiger partial charge on any atom is 0.260 e. The third-order valence-electron chi connectivity index (χ3n) is 6.70. The van der Waals surface area contributed by atoms with Crippen molar-refractivity contribution in [2.24, 2.45) is 0 Å². The van der Waals surface area contributed by atoms with Gasteiger partial charge in [-0.05, 0) is 81.8 Å². The van der Waals surface area contributed by atoms with Crippen LogP contribution in [0.15, 0.2) is 24.3 Å². The predicted molar refractivity (Wildman–Crippen MR) is 127 cm³/mol. The van der Waals surface area contributed by atoms with Crippen molar-refractivity contribution < 1.29 is 9.53 Å². The number of hydrogen-bond donors (Lipinski definition) is 2. The Kier molecular flexibility index (Phi) is 7.42. The number of rotatable bonds is 6. The van der Waals surface area contributed by atoms with Crippen LogP contribution in [-0.4, -0.2) is 36.0 Å². The number of carbonyl (C=O) groups excluding carboxylic acids is 1. The molecule has 0 aliphatic carbocycles. The number of nitrogens with zero attached hydrogens (tertiary/aromatic N) is 2.